The Kier molecular flexibility index (Phi) is 3.80. The van der Waals surface area contributed by atoms with Gasteiger partial charge in [-0.3, -0.25) is 4.79 Å². The van der Waals surface area contributed by atoms with Crippen molar-refractivity contribution in [2.45, 2.75) is 52.2 Å². The molecule has 0 unspecified atom stereocenters. The minimum absolute atomic E-state index is 0.0724. The van der Waals surface area contributed by atoms with Crippen LogP contribution in [0.4, 0.5) is 5.69 Å². The van der Waals surface area contributed by atoms with E-state index in [0.29, 0.717) is 11.3 Å². The minimum atomic E-state index is -0.891. The molecular formula is C15H22BNO4. The molecule has 114 valence electrons. The van der Waals surface area contributed by atoms with E-state index >= 15 is 0 Å². The van der Waals surface area contributed by atoms with Crippen LogP contribution in [-0.2, 0) is 20.5 Å². The Labute approximate surface area is 125 Å². The van der Waals surface area contributed by atoms with E-state index in [1.54, 1.807) is 6.07 Å². The van der Waals surface area contributed by atoms with Gasteiger partial charge in [0.05, 0.1) is 17.6 Å². The minimum Gasteiger partial charge on any atom is -0.481 e. The fourth-order valence-electron chi connectivity index (χ4n) is 2.32. The summed E-state index contributed by atoms with van der Waals surface area (Å²) in [6, 6.07) is 3.50. The Morgan fingerprint density at radius 2 is 1.76 bits per heavy atom. The Morgan fingerprint density at radius 3 is 2.24 bits per heavy atom. The van der Waals surface area contributed by atoms with Gasteiger partial charge < -0.3 is 20.1 Å². The summed E-state index contributed by atoms with van der Waals surface area (Å²) >= 11 is 0. The first-order chi connectivity index (χ1) is 9.53. The second kappa shape index (κ2) is 5.03. The van der Waals surface area contributed by atoms with Gasteiger partial charge in [0, 0.05) is 5.69 Å². The van der Waals surface area contributed by atoms with E-state index < -0.39 is 24.3 Å². The molecule has 21 heavy (non-hydrogen) atoms. The summed E-state index contributed by atoms with van der Waals surface area (Å²) in [6.07, 6.45) is -0.0724. The molecule has 1 saturated heterocycles. The van der Waals surface area contributed by atoms with Gasteiger partial charge in [-0.05, 0) is 57.3 Å². The van der Waals surface area contributed by atoms with E-state index in [0.717, 1.165) is 11.0 Å². The van der Waals surface area contributed by atoms with Crippen LogP contribution in [0.25, 0.3) is 0 Å². The third-order valence-corrected chi connectivity index (χ3v) is 4.41. The average molecular weight is 291 g/mol. The number of carboxylic acids is 1. The van der Waals surface area contributed by atoms with Crippen molar-refractivity contribution in [3.05, 3.63) is 23.3 Å². The second-order valence-corrected chi connectivity index (χ2v) is 6.56. The molecule has 0 aliphatic carbocycles. The number of hydrogen-bond donors (Lipinski definition) is 2. The van der Waals surface area contributed by atoms with Gasteiger partial charge in [-0.15, -0.1) is 0 Å². The third-order valence-electron chi connectivity index (χ3n) is 4.41. The van der Waals surface area contributed by atoms with Crippen molar-refractivity contribution in [3.63, 3.8) is 0 Å². The van der Waals surface area contributed by atoms with E-state index in [4.69, 9.17) is 20.1 Å². The molecule has 0 saturated carbocycles. The zero-order valence-electron chi connectivity index (χ0n) is 13.2. The predicted octanol–water partition coefficient (Wildman–Crippen LogP) is 1.50. The third kappa shape index (κ3) is 2.92. The van der Waals surface area contributed by atoms with Gasteiger partial charge in [-0.1, -0.05) is 6.07 Å². The molecule has 6 heteroatoms. The lowest BCUT2D eigenvalue weighted by molar-refractivity contribution is -0.136. The largest absolute Gasteiger partial charge is 0.495 e. The first-order valence-corrected chi connectivity index (χ1v) is 7.00. The Balaban J connectivity index is 2.40. The summed E-state index contributed by atoms with van der Waals surface area (Å²) in [5.74, 6) is -0.891. The second-order valence-electron chi connectivity index (χ2n) is 6.56. The summed E-state index contributed by atoms with van der Waals surface area (Å²) in [5, 5.41) is 8.95. The van der Waals surface area contributed by atoms with Crippen molar-refractivity contribution in [2.75, 3.05) is 5.73 Å². The van der Waals surface area contributed by atoms with Crippen LogP contribution in [0.15, 0.2) is 12.1 Å². The molecule has 5 nitrogen and oxygen atoms in total. The fraction of sp³-hybridized carbons (Fsp3) is 0.533. The molecule has 3 N–H and O–H groups in total. The Morgan fingerprint density at radius 1 is 1.24 bits per heavy atom. The molecule has 1 fully saturated rings. The monoisotopic (exact) mass is 291 g/mol. The predicted molar refractivity (Wildman–Crippen MR) is 82.6 cm³/mol. The van der Waals surface area contributed by atoms with Crippen LogP contribution < -0.4 is 11.2 Å². The van der Waals surface area contributed by atoms with Crippen LogP contribution in [0.2, 0.25) is 0 Å². The molecule has 1 aliphatic heterocycles. The van der Waals surface area contributed by atoms with Crippen molar-refractivity contribution in [2.24, 2.45) is 0 Å². The topological polar surface area (TPSA) is 81.8 Å². The van der Waals surface area contributed by atoms with Crippen LogP contribution in [0.1, 0.15) is 38.8 Å². The van der Waals surface area contributed by atoms with Gasteiger partial charge in [-0.25, -0.2) is 0 Å². The van der Waals surface area contributed by atoms with Crippen molar-refractivity contribution in [3.8, 4) is 0 Å². The number of carboxylic acid groups (broad SMARTS) is 1. The van der Waals surface area contributed by atoms with Crippen LogP contribution in [0.3, 0.4) is 0 Å². The van der Waals surface area contributed by atoms with Crippen molar-refractivity contribution < 1.29 is 19.2 Å². The highest BCUT2D eigenvalue weighted by atomic mass is 16.7. The molecule has 0 spiro atoms. The highest BCUT2D eigenvalue weighted by Crippen LogP contribution is 2.37. The molecule has 1 aromatic carbocycles. The van der Waals surface area contributed by atoms with Crippen molar-refractivity contribution in [1.82, 2.24) is 0 Å². The van der Waals surface area contributed by atoms with Gasteiger partial charge in [0.2, 0.25) is 0 Å². The fourth-order valence-corrected chi connectivity index (χ4v) is 2.32. The summed E-state index contributed by atoms with van der Waals surface area (Å²) in [6.45, 7) is 9.80. The first kappa shape index (κ1) is 15.9. The number of aliphatic carboxylic acids is 1. The van der Waals surface area contributed by atoms with Crippen LogP contribution in [0.5, 0.6) is 0 Å². The van der Waals surface area contributed by atoms with Crippen LogP contribution >= 0.6 is 0 Å². The maximum atomic E-state index is 10.9. The van der Waals surface area contributed by atoms with Gasteiger partial charge in [0.15, 0.2) is 0 Å². The van der Waals surface area contributed by atoms with Gasteiger partial charge in [0.1, 0.15) is 0 Å². The van der Waals surface area contributed by atoms with E-state index in [1.807, 2.05) is 40.7 Å². The van der Waals surface area contributed by atoms with E-state index in [2.05, 4.69) is 0 Å². The molecule has 2 rings (SSSR count). The molecule has 1 aromatic rings. The standard InChI is InChI=1S/C15H22BNO4/c1-9-11(6-10(7-12(9)17)8-13(18)19)16-20-14(2,3)15(4,5)21-16/h6-7H,8,17H2,1-5H3,(H,18,19). The van der Waals surface area contributed by atoms with Crippen molar-refractivity contribution in [1.29, 1.82) is 0 Å². The number of nitrogen functional groups attached to an aromatic ring is 1. The quantitative estimate of drug-likeness (QED) is 0.651. The SMILES string of the molecule is Cc1c(N)cc(CC(=O)O)cc1B1OC(C)(C)C(C)(C)O1. The lowest BCUT2D eigenvalue weighted by atomic mass is 9.75. The van der Waals surface area contributed by atoms with E-state index in [9.17, 15) is 4.79 Å². The normalized spacial score (nSPS) is 19.8. The number of carbonyl (C=O) groups is 1. The Bertz CT molecular complexity index is 567. The molecule has 1 aliphatic rings. The van der Waals surface area contributed by atoms with Crippen LogP contribution in [0, 0.1) is 6.92 Å². The number of rotatable bonds is 3. The van der Waals surface area contributed by atoms with E-state index in [1.165, 1.54) is 0 Å². The Hall–Kier alpha value is -1.53. The molecule has 0 bridgehead atoms. The first-order valence-electron chi connectivity index (χ1n) is 7.00. The zero-order valence-corrected chi connectivity index (χ0v) is 13.2. The summed E-state index contributed by atoms with van der Waals surface area (Å²) < 4.78 is 12.0. The molecule has 1 heterocycles. The van der Waals surface area contributed by atoms with E-state index in [-0.39, 0.29) is 6.42 Å². The molecular weight excluding hydrogens is 269 g/mol. The lowest BCUT2D eigenvalue weighted by Crippen LogP contribution is -2.41. The number of hydrogen-bond acceptors (Lipinski definition) is 4. The number of nitrogens with two attached hydrogens (primary N) is 1. The van der Waals surface area contributed by atoms with Gasteiger partial charge >= 0.3 is 13.1 Å². The number of anilines is 1. The highest BCUT2D eigenvalue weighted by Gasteiger charge is 2.52. The van der Waals surface area contributed by atoms with Crippen molar-refractivity contribution >= 4 is 24.2 Å². The molecule has 0 radical (unpaired) electrons. The van der Waals surface area contributed by atoms with Gasteiger partial charge in [0.25, 0.3) is 0 Å². The van der Waals surface area contributed by atoms with Crippen LogP contribution in [-0.4, -0.2) is 29.4 Å². The number of benzene rings is 1. The average Bonchev–Trinajstić information content (AvgIpc) is 2.52. The molecule has 0 atom stereocenters. The summed E-state index contributed by atoms with van der Waals surface area (Å²) in [5.41, 5.74) is 7.97. The maximum Gasteiger partial charge on any atom is 0.495 e. The maximum absolute atomic E-state index is 10.9. The van der Waals surface area contributed by atoms with Gasteiger partial charge in [-0.2, -0.15) is 0 Å². The lowest BCUT2D eigenvalue weighted by Gasteiger charge is -2.32. The zero-order chi connectivity index (χ0) is 16.0. The smallest absolute Gasteiger partial charge is 0.481 e. The molecule has 0 amide bonds. The summed E-state index contributed by atoms with van der Waals surface area (Å²) in [7, 11) is -0.536. The molecule has 0 aromatic heterocycles. The highest BCUT2D eigenvalue weighted by molar-refractivity contribution is 6.62. The summed E-state index contributed by atoms with van der Waals surface area (Å²) in [4.78, 5) is 10.9.